The van der Waals surface area contributed by atoms with Crippen molar-refractivity contribution in [3.05, 3.63) is 66.2 Å². The summed E-state index contributed by atoms with van der Waals surface area (Å²) in [7, 11) is 0. The van der Waals surface area contributed by atoms with E-state index in [0.717, 1.165) is 10.6 Å². The number of imide groups is 1. The first-order valence-electron chi connectivity index (χ1n) is 7.99. The number of hydrogen-bond donors (Lipinski definition) is 2. The number of urea groups is 1. The number of carbonyl (C=O) groups is 3. The minimum absolute atomic E-state index is 0.209. The molecule has 128 valence electrons. The van der Waals surface area contributed by atoms with Crippen LogP contribution in [-0.4, -0.2) is 34.4 Å². The molecule has 3 aromatic rings. The molecule has 0 spiro atoms. The molecular formula is C19H14N4O3. The molecule has 2 aromatic carbocycles. The zero-order valence-corrected chi connectivity index (χ0v) is 13.6. The fraction of sp³-hybridized carbons (Fsp3) is 0.0526. The molecule has 1 aliphatic rings. The highest BCUT2D eigenvalue weighted by Gasteiger charge is 2.29. The van der Waals surface area contributed by atoms with E-state index in [9.17, 15) is 14.4 Å². The van der Waals surface area contributed by atoms with Gasteiger partial charge in [0.25, 0.3) is 5.91 Å². The van der Waals surface area contributed by atoms with Crippen molar-refractivity contribution < 1.29 is 14.4 Å². The number of rotatable bonds is 3. The van der Waals surface area contributed by atoms with Crippen LogP contribution in [0.5, 0.6) is 0 Å². The van der Waals surface area contributed by atoms with Gasteiger partial charge in [-0.25, -0.2) is 14.8 Å². The third kappa shape index (κ3) is 2.86. The van der Waals surface area contributed by atoms with Crippen molar-refractivity contribution in [2.24, 2.45) is 0 Å². The van der Waals surface area contributed by atoms with Gasteiger partial charge in [0.15, 0.2) is 0 Å². The van der Waals surface area contributed by atoms with E-state index < -0.39 is 17.8 Å². The molecule has 2 N–H and O–H groups in total. The van der Waals surface area contributed by atoms with E-state index in [1.54, 1.807) is 12.1 Å². The quantitative estimate of drug-likeness (QED) is 0.711. The Morgan fingerprint density at radius 1 is 1.04 bits per heavy atom. The van der Waals surface area contributed by atoms with Crippen LogP contribution in [0.3, 0.4) is 0 Å². The molecule has 0 aliphatic carbocycles. The summed E-state index contributed by atoms with van der Waals surface area (Å²) in [5.74, 6) is -0.939. The summed E-state index contributed by atoms with van der Waals surface area (Å²) >= 11 is 0. The monoisotopic (exact) mass is 346 g/mol. The second-order valence-corrected chi connectivity index (χ2v) is 5.82. The van der Waals surface area contributed by atoms with Crippen molar-refractivity contribution in [2.45, 2.75) is 0 Å². The number of pyridine rings is 1. The van der Waals surface area contributed by atoms with Crippen LogP contribution in [0, 0.1) is 0 Å². The van der Waals surface area contributed by atoms with Gasteiger partial charge in [0.05, 0.1) is 16.8 Å². The standard InChI is InChI=1S/C19H14N4O3/c24-17-11-23(19(26)21-17)22-18(25)14-10-16(12-6-2-1-3-7-12)20-15-9-5-4-8-13(14)15/h1-10H,11H2,(H,22,25)(H,21,24,26). The molecule has 1 aromatic heterocycles. The van der Waals surface area contributed by atoms with Crippen molar-refractivity contribution in [3.63, 3.8) is 0 Å². The lowest BCUT2D eigenvalue weighted by molar-refractivity contribution is -0.118. The number of para-hydroxylation sites is 1. The topological polar surface area (TPSA) is 91.4 Å². The molecule has 0 unspecified atom stereocenters. The van der Waals surface area contributed by atoms with Crippen LogP contribution in [-0.2, 0) is 4.79 Å². The Kier molecular flexibility index (Phi) is 3.81. The van der Waals surface area contributed by atoms with Crippen molar-refractivity contribution >= 4 is 28.7 Å². The summed E-state index contributed by atoms with van der Waals surface area (Å²) in [6, 6.07) is 17.8. The highest BCUT2D eigenvalue weighted by atomic mass is 16.2. The summed E-state index contributed by atoms with van der Waals surface area (Å²) in [6.07, 6.45) is 0. The third-order valence-electron chi connectivity index (χ3n) is 4.06. The van der Waals surface area contributed by atoms with E-state index in [4.69, 9.17) is 0 Å². The molecule has 7 nitrogen and oxygen atoms in total. The lowest BCUT2D eigenvalue weighted by Crippen LogP contribution is -2.44. The molecule has 0 saturated carbocycles. The third-order valence-corrected chi connectivity index (χ3v) is 4.06. The number of nitrogens with one attached hydrogen (secondary N) is 2. The number of amides is 4. The minimum atomic E-state index is -0.648. The van der Waals surface area contributed by atoms with Crippen molar-refractivity contribution in [3.8, 4) is 11.3 Å². The smallest absolute Gasteiger partial charge is 0.275 e. The minimum Gasteiger partial charge on any atom is -0.275 e. The second kappa shape index (κ2) is 6.29. The molecule has 26 heavy (non-hydrogen) atoms. The Balaban J connectivity index is 1.77. The van der Waals surface area contributed by atoms with Crippen LogP contribution in [0.15, 0.2) is 60.7 Å². The molecule has 1 fully saturated rings. The zero-order chi connectivity index (χ0) is 18.1. The van der Waals surface area contributed by atoms with Gasteiger partial charge in [-0.15, -0.1) is 0 Å². The van der Waals surface area contributed by atoms with Crippen LogP contribution < -0.4 is 10.7 Å². The summed E-state index contributed by atoms with van der Waals surface area (Å²) in [4.78, 5) is 40.4. The average molecular weight is 346 g/mol. The molecule has 0 radical (unpaired) electrons. The average Bonchev–Trinajstić information content (AvgIpc) is 2.98. The Morgan fingerprint density at radius 3 is 2.50 bits per heavy atom. The first-order chi connectivity index (χ1) is 12.6. The fourth-order valence-electron chi connectivity index (χ4n) is 2.83. The number of benzene rings is 2. The predicted octanol–water partition coefficient (Wildman–Crippen LogP) is 2.10. The number of hydrogen-bond acceptors (Lipinski definition) is 4. The second-order valence-electron chi connectivity index (χ2n) is 5.82. The number of aromatic nitrogens is 1. The van der Waals surface area contributed by atoms with Crippen LogP contribution >= 0.6 is 0 Å². The van der Waals surface area contributed by atoms with Gasteiger partial charge in [-0.3, -0.25) is 20.3 Å². The van der Waals surface area contributed by atoms with E-state index >= 15 is 0 Å². The molecule has 2 heterocycles. The van der Waals surface area contributed by atoms with Crippen LogP contribution in [0.4, 0.5) is 4.79 Å². The molecule has 4 rings (SSSR count). The first kappa shape index (κ1) is 15.8. The predicted molar refractivity (Wildman–Crippen MR) is 94.9 cm³/mol. The highest BCUT2D eigenvalue weighted by molar-refractivity contribution is 6.09. The van der Waals surface area contributed by atoms with Crippen molar-refractivity contribution in [1.82, 2.24) is 20.7 Å². The lowest BCUT2D eigenvalue weighted by Gasteiger charge is -2.16. The summed E-state index contributed by atoms with van der Waals surface area (Å²) < 4.78 is 0. The van der Waals surface area contributed by atoms with E-state index in [0.29, 0.717) is 22.2 Å². The molecule has 1 aliphatic heterocycles. The Labute approximate surface area is 148 Å². The normalized spacial score (nSPS) is 13.8. The van der Waals surface area contributed by atoms with Gasteiger partial charge in [0, 0.05) is 10.9 Å². The molecule has 1 saturated heterocycles. The molecular weight excluding hydrogens is 332 g/mol. The van der Waals surface area contributed by atoms with Gasteiger partial charge in [-0.05, 0) is 12.1 Å². The van der Waals surface area contributed by atoms with Crippen LogP contribution in [0.1, 0.15) is 10.4 Å². The van der Waals surface area contributed by atoms with Gasteiger partial charge < -0.3 is 0 Å². The number of hydrazine groups is 1. The van der Waals surface area contributed by atoms with E-state index in [-0.39, 0.29) is 6.54 Å². The zero-order valence-electron chi connectivity index (χ0n) is 13.6. The Hall–Kier alpha value is -3.74. The summed E-state index contributed by atoms with van der Waals surface area (Å²) in [5.41, 5.74) is 5.05. The van der Waals surface area contributed by atoms with Gasteiger partial charge in [-0.2, -0.15) is 0 Å². The lowest BCUT2D eigenvalue weighted by atomic mass is 10.0. The van der Waals surface area contributed by atoms with Gasteiger partial charge in [-0.1, -0.05) is 48.5 Å². The molecule has 0 atom stereocenters. The van der Waals surface area contributed by atoms with Crippen LogP contribution in [0.2, 0.25) is 0 Å². The first-order valence-corrected chi connectivity index (χ1v) is 7.99. The van der Waals surface area contributed by atoms with Crippen molar-refractivity contribution in [2.75, 3.05) is 6.54 Å². The Morgan fingerprint density at radius 2 is 1.77 bits per heavy atom. The van der Waals surface area contributed by atoms with Gasteiger partial charge in [0.1, 0.15) is 6.54 Å². The largest absolute Gasteiger partial charge is 0.343 e. The maximum Gasteiger partial charge on any atom is 0.343 e. The van der Waals surface area contributed by atoms with Gasteiger partial charge in [0.2, 0.25) is 5.91 Å². The Bertz CT molecular complexity index is 1030. The molecule has 7 heteroatoms. The maximum absolute atomic E-state index is 12.8. The summed E-state index contributed by atoms with van der Waals surface area (Å²) in [6.45, 7) is -0.209. The van der Waals surface area contributed by atoms with Crippen molar-refractivity contribution in [1.29, 1.82) is 0 Å². The van der Waals surface area contributed by atoms with E-state index in [2.05, 4.69) is 15.7 Å². The SMILES string of the molecule is O=C1CN(NC(=O)c2cc(-c3ccccc3)nc3ccccc23)C(=O)N1. The fourth-order valence-corrected chi connectivity index (χ4v) is 2.83. The van der Waals surface area contributed by atoms with E-state index in [1.165, 1.54) is 0 Å². The highest BCUT2D eigenvalue weighted by Crippen LogP contribution is 2.24. The maximum atomic E-state index is 12.8. The van der Waals surface area contributed by atoms with E-state index in [1.807, 2.05) is 48.5 Å². The molecule has 4 amide bonds. The number of fused-ring (bicyclic) bond motifs is 1. The van der Waals surface area contributed by atoms with Crippen LogP contribution in [0.25, 0.3) is 22.2 Å². The number of nitrogens with zero attached hydrogens (tertiary/aromatic N) is 2. The number of carbonyl (C=O) groups excluding carboxylic acids is 3. The summed E-state index contributed by atoms with van der Waals surface area (Å²) in [5, 5.41) is 3.74. The molecule has 0 bridgehead atoms. The van der Waals surface area contributed by atoms with Gasteiger partial charge >= 0.3 is 6.03 Å².